The van der Waals surface area contributed by atoms with E-state index < -0.39 is 11.9 Å². The van der Waals surface area contributed by atoms with Crippen LogP contribution in [0.4, 0.5) is 5.69 Å². The van der Waals surface area contributed by atoms with Crippen LogP contribution in [0.5, 0.6) is 11.5 Å². The molecule has 0 radical (unpaired) electrons. The molecule has 0 aliphatic carbocycles. The van der Waals surface area contributed by atoms with Gasteiger partial charge in [0.05, 0.1) is 5.92 Å². The van der Waals surface area contributed by atoms with Crippen molar-refractivity contribution in [2.45, 2.75) is 6.42 Å². The molecular weight excluding hydrogens is 282 g/mol. The summed E-state index contributed by atoms with van der Waals surface area (Å²) in [7, 11) is 0. The number of carbonyl (C=O) groups is 2. The topological polar surface area (TPSA) is 66.8 Å². The van der Waals surface area contributed by atoms with Gasteiger partial charge >= 0.3 is 5.97 Å². The molecule has 1 aliphatic heterocycles. The number of hydrogen-bond acceptors (Lipinski definition) is 3. The molecule has 0 saturated carbocycles. The van der Waals surface area contributed by atoms with Crippen molar-refractivity contribution < 1.29 is 19.4 Å². The number of rotatable bonds is 4. The molecule has 1 amide bonds. The van der Waals surface area contributed by atoms with Gasteiger partial charge in [-0.3, -0.25) is 9.59 Å². The van der Waals surface area contributed by atoms with Gasteiger partial charge in [0, 0.05) is 24.7 Å². The number of hydrogen-bond donors (Lipinski definition) is 1. The van der Waals surface area contributed by atoms with Gasteiger partial charge in [0.1, 0.15) is 11.5 Å². The van der Waals surface area contributed by atoms with Gasteiger partial charge in [0.25, 0.3) is 0 Å². The van der Waals surface area contributed by atoms with Gasteiger partial charge in [-0.05, 0) is 24.3 Å². The normalized spacial score (nSPS) is 17.5. The zero-order chi connectivity index (χ0) is 15.5. The minimum atomic E-state index is -0.937. The maximum absolute atomic E-state index is 12.0. The molecule has 1 fully saturated rings. The van der Waals surface area contributed by atoms with E-state index in [-0.39, 0.29) is 18.9 Å². The lowest BCUT2D eigenvalue weighted by atomic mass is 10.1. The molecule has 2 aromatic rings. The Hall–Kier alpha value is -2.82. The molecule has 1 unspecified atom stereocenters. The Balaban J connectivity index is 1.80. The van der Waals surface area contributed by atoms with Gasteiger partial charge in [-0.15, -0.1) is 0 Å². The molecule has 1 heterocycles. The van der Waals surface area contributed by atoms with E-state index in [1.807, 2.05) is 30.3 Å². The summed E-state index contributed by atoms with van der Waals surface area (Å²) in [6.45, 7) is 0.197. The predicted octanol–water partition coefficient (Wildman–Crippen LogP) is 2.92. The van der Waals surface area contributed by atoms with Crippen LogP contribution in [0.15, 0.2) is 54.6 Å². The first kappa shape index (κ1) is 14.1. The van der Waals surface area contributed by atoms with Crippen LogP contribution in [0.2, 0.25) is 0 Å². The van der Waals surface area contributed by atoms with Crippen LogP contribution in [0.1, 0.15) is 6.42 Å². The van der Waals surface area contributed by atoms with E-state index >= 15 is 0 Å². The molecule has 0 bridgehead atoms. The Morgan fingerprint density at radius 2 is 1.82 bits per heavy atom. The molecule has 2 aromatic carbocycles. The Morgan fingerprint density at radius 3 is 2.50 bits per heavy atom. The minimum absolute atomic E-state index is 0.0408. The van der Waals surface area contributed by atoms with Crippen molar-refractivity contribution in [3.8, 4) is 11.5 Å². The number of ether oxygens (including phenoxy) is 1. The molecule has 5 heteroatoms. The fraction of sp³-hybridized carbons (Fsp3) is 0.176. The predicted molar refractivity (Wildman–Crippen MR) is 81.1 cm³/mol. The molecule has 112 valence electrons. The third-order valence-electron chi connectivity index (χ3n) is 3.58. The number of carboxylic acids is 1. The summed E-state index contributed by atoms with van der Waals surface area (Å²) in [5, 5.41) is 9.04. The Labute approximate surface area is 127 Å². The van der Waals surface area contributed by atoms with Crippen molar-refractivity contribution in [3.63, 3.8) is 0 Å². The van der Waals surface area contributed by atoms with Crippen molar-refractivity contribution in [1.29, 1.82) is 0 Å². The number of carboxylic acid groups (broad SMARTS) is 1. The summed E-state index contributed by atoms with van der Waals surface area (Å²) >= 11 is 0. The summed E-state index contributed by atoms with van der Waals surface area (Å²) in [6, 6.07) is 16.4. The molecule has 0 aromatic heterocycles. The number of para-hydroxylation sites is 1. The van der Waals surface area contributed by atoms with E-state index in [0.717, 1.165) is 0 Å². The van der Waals surface area contributed by atoms with Gasteiger partial charge in [-0.25, -0.2) is 0 Å². The number of nitrogens with zero attached hydrogens (tertiary/aromatic N) is 1. The molecule has 3 rings (SSSR count). The Kier molecular flexibility index (Phi) is 3.78. The zero-order valence-electron chi connectivity index (χ0n) is 11.8. The van der Waals surface area contributed by atoms with Crippen molar-refractivity contribution in [2.75, 3.05) is 11.4 Å². The van der Waals surface area contributed by atoms with Gasteiger partial charge in [0.15, 0.2) is 0 Å². The lowest BCUT2D eigenvalue weighted by Gasteiger charge is -2.17. The summed E-state index contributed by atoms with van der Waals surface area (Å²) in [6.07, 6.45) is 0.0408. The van der Waals surface area contributed by atoms with E-state index in [0.29, 0.717) is 17.2 Å². The lowest BCUT2D eigenvalue weighted by molar-refractivity contribution is -0.141. The molecular formula is C17H15NO4. The van der Waals surface area contributed by atoms with E-state index in [2.05, 4.69) is 0 Å². The van der Waals surface area contributed by atoms with Gasteiger partial charge < -0.3 is 14.7 Å². The largest absolute Gasteiger partial charge is 0.481 e. The summed E-state index contributed by atoms with van der Waals surface area (Å²) in [5.74, 6) is -0.450. The van der Waals surface area contributed by atoms with Crippen molar-refractivity contribution in [1.82, 2.24) is 0 Å². The highest BCUT2D eigenvalue weighted by atomic mass is 16.5. The number of amides is 1. The first-order chi connectivity index (χ1) is 10.6. The second-order valence-electron chi connectivity index (χ2n) is 5.16. The third kappa shape index (κ3) is 2.93. The smallest absolute Gasteiger partial charge is 0.308 e. The van der Waals surface area contributed by atoms with E-state index in [1.54, 1.807) is 24.3 Å². The number of benzene rings is 2. The standard InChI is InChI=1S/C17H15NO4/c19-16-9-12(17(20)21)11-18(16)13-5-4-8-15(10-13)22-14-6-2-1-3-7-14/h1-8,10,12H,9,11H2,(H,20,21). The molecule has 5 nitrogen and oxygen atoms in total. The van der Waals surface area contributed by atoms with E-state index in [1.165, 1.54) is 4.90 Å². The molecule has 1 atom stereocenters. The summed E-state index contributed by atoms with van der Waals surface area (Å²) in [4.78, 5) is 24.5. The van der Waals surface area contributed by atoms with Crippen LogP contribution in [-0.2, 0) is 9.59 Å². The molecule has 1 saturated heterocycles. The number of anilines is 1. The Bertz CT molecular complexity index is 699. The van der Waals surface area contributed by atoms with Crippen LogP contribution < -0.4 is 9.64 Å². The van der Waals surface area contributed by atoms with Crippen LogP contribution in [0.3, 0.4) is 0 Å². The van der Waals surface area contributed by atoms with Crippen LogP contribution in [-0.4, -0.2) is 23.5 Å². The second-order valence-corrected chi connectivity index (χ2v) is 5.16. The van der Waals surface area contributed by atoms with Gasteiger partial charge in [-0.2, -0.15) is 0 Å². The number of carbonyl (C=O) groups excluding carboxylic acids is 1. The third-order valence-corrected chi connectivity index (χ3v) is 3.58. The average Bonchev–Trinajstić information content (AvgIpc) is 2.91. The van der Waals surface area contributed by atoms with Gasteiger partial charge in [0.2, 0.25) is 5.91 Å². The zero-order valence-corrected chi connectivity index (χ0v) is 11.8. The second kappa shape index (κ2) is 5.89. The molecule has 1 aliphatic rings. The maximum atomic E-state index is 12.0. The van der Waals surface area contributed by atoms with Crippen LogP contribution in [0.25, 0.3) is 0 Å². The fourth-order valence-corrected chi connectivity index (χ4v) is 2.46. The highest BCUT2D eigenvalue weighted by Crippen LogP contribution is 2.30. The minimum Gasteiger partial charge on any atom is -0.481 e. The van der Waals surface area contributed by atoms with Crippen LogP contribution in [0, 0.1) is 5.92 Å². The van der Waals surface area contributed by atoms with Crippen molar-refractivity contribution >= 4 is 17.6 Å². The highest BCUT2D eigenvalue weighted by molar-refractivity contribution is 5.99. The molecule has 1 N–H and O–H groups in total. The van der Waals surface area contributed by atoms with E-state index in [9.17, 15) is 9.59 Å². The monoisotopic (exact) mass is 297 g/mol. The molecule has 0 spiro atoms. The van der Waals surface area contributed by atoms with Crippen LogP contribution >= 0.6 is 0 Å². The SMILES string of the molecule is O=C(O)C1CC(=O)N(c2cccc(Oc3ccccc3)c2)C1. The first-order valence-corrected chi connectivity index (χ1v) is 6.99. The molecule has 22 heavy (non-hydrogen) atoms. The maximum Gasteiger partial charge on any atom is 0.308 e. The van der Waals surface area contributed by atoms with E-state index in [4.69, 9.17) is 9.84 Å². The van der Waals surface area contributed by atoms with Crippen molar-refractivity contribution in [3.05, 3.63) is 54.6 Å². The fourth-order valence-electron chi connectivity index (χ4n) is 2.46. The average molecular weight is 297 g/mol. The first-order valence-electron chi connectivity index (χ1n) is 6.99. The van der Waals surface area contributed by atoms with Crippen molar-refractivity contribution in [2.24, 2.45) is 5.92 Å². The highest BCUT2D eigenvalue weighted by Gasteiger charge is 2.35. The number of aliphatic carboxylic acids is 1. The lowest BCUT2D eigenvalue weighted by Crippen LogP contribution is -2.25. The quantitative estimate of drug-likeness (QED) is 0.942. The summed E-state index contributed by atoms with van der Waals surface area (Å²) < 4.78 is 5.73. The van der Waals surface area contributed by atoms with Gasteiger partial charge in [-0.1, -0.05) is 24.3 Å². The Morgan fingerprint density at radius 1 is 1.09 bits per heavy atom. The summed E-state index contributed by atoms with van der Waals surface area (Å²) in [5.41, 5.74) is 0.655.